The van der Waals surface area contributed by atoms with Gasteiger partial charge in [-0.15, -0.1) is 0 Å². The third-order valence-electron chi connectivity index (χ3n) is 4.42. The van der Waals surface area contributed by atoms with Gasteiger partial charge in [-0.2, -0.15) is 5.26 Å². The maximum atomic E-state index is 12.0. The fraction of sp³-hybridized carbons (Fsp3) is 0.462. The van der Waals surface area contributed by atoms with E-state index in [9.17, 15) is 14.9 Å². The Bertz CT molecular complexity index is 598. The molecule has 1 fully saturated rings. The van der Waals surface area contributed by atoms with E-state index in [2.05, 4.69) is 0 Å². The van der Waals surface area contributed by atoms with Crippen molar-refractivity contribution in [1.29, 1.82) is 5.26 Å². The van der Waals surface area contributed by atoms with E-state index in [1.165, 1.54) is 12.2 Å². The van der Waals surface area contributed by atoms with E-state index in [1.807, 2.05) is 6.07 Å². The van der Waals surface area contributed by atoms with Crippen LogP contribution >= 0.6 is 0 Å². The molecule has 2 aliphatic heterocycles. The molecule has 0 spiro atoms. The third-order valence-corrected chi connectivity index (χ3v) is 4.42. The van der Waals surface area contributed by atoms with Crippen LogP contribution in [0.1, 0.15) is 13.8 Å². The highest BCUT2D eigenvalue weighted by Gasteiger charge is 2.71. The number of carbonyl (C=O) groups excluding carboxylic acids is 2. The number of rotatable bonds is 0. The van der Waals surface area contributed by atoms with Crippen molar-refractivity contribution in [2.75, 3.05) is 0 Å². The normalized spacial score (nSPS) is 45.4. The Balaban J connectivity index is 2.29. The van der Waals surface area contributed by atoms with Crippen LogP contribution in [-0.4, -0.2) is 22.9 Å². The number of allylic oxidation sites excluding steroid dienone is 2. The van der Waals surface area contributed by atoms with E-state index < -0.39 is 23.2 Å². The number of nitrogens with two attached hydrogens (primary N) is 1. The number of carbonyl (C=O) groups is 2. The van der Waals surface area contributed by atoms with Crippen molar-refractivity contribution in [3.05, 3.63) is 23.3 Å². The van der Waals surface area contributed by atoms with Gasteiger partial charge in [-0.05, 0) is 31.6 Å². The van der Waals surface area contributed by atoms with Gasteiger partial charge >= 0.3 is 0 Å². The lowest BCUT2D eigenvalue weighted by molar-refractivity contribution is -0.130. The summed E-state index contributed by atoms with van der Waals surface area (Å²) in [7, 11) is 0. The van der Waals surface area contributed by atoms with Gasteiger partial charge in [-0.25, -0.2) is 0 Å². The average Bonchev–Trinajstić information content (AvgIpc) is 2.66. The molecule has 18 heavy (non-hydrogen) atoms. The predicted molar refractivity (Wildman–Crippen MR) is 60.9 cm³/mol. The molecule has 0 aromatic carbocycles. The number of fused-ring (bicyclic) bond motifs is 5. The first kappa shape index (κ1) is 11.3. The lowest BCUT2D eigenvalue weighted by Gasteiger charge is -2.35. The summed E-state index contributed by atoms with van der Waals surface area (Å²) in [5.41, 5.74) is 4.67. The standard InChI is InChI=1S/C13H12N2O3/c1-6-7(5-14)13(15)11-9(17)4-3-8(16)10(11)12(6,2)18-13/h3-4,10-11H,15H2,1-2H3/t10-,11+,12+,13-/m0/s1. The van der Waals surface area contributed by atoms with Crippen LogP contribution in [0.2, 0.25) is 0 Å². The molecular formula is C13H12N2O3. The Morgan fingerprint density at radius 1 is 1.33 bits per heavy atom. The van der Waals surface area contributed by atoms with Crippen molar-refractivity contribution in [2.24, 2.45) is 17.6 Å². The highest BCUT2D eigenvalue weighted by molar-refractivity contribution is 6.09. The largest absolute Gasteiger partial charge is 0.344 e. The van der Waals surface area contributed by atoms with Crippen molar-refractivity contribution < 1.29 is 14.3 Å². The van der Waals surface area contributed by atoms with Gasteiger partial charge in [0.2, 0.25) is 0 Å². The molecule has 3 rings (SSSR count). The predicted octanol–water partition coefficient (Wildman–Crippen LogP) is 0.224. The number of hydrogen-bond donors (Lipinski definition) is 1. The van der Waals surface area contributed by atoms with Crippen LogP contribution in [0.25, 0.3) is 0 Å². The summed E-state index contributed by atoms with van der Waals surface area (Å²) in [5.74, 6) is -1.80. The van der Waals surface area contributed by atoms with Gasteiger partial charge in [0.1, 0.15) is 5.60 Å². The number of nitrogens with zero attached hydrogens (tertiary/aromatic N) is 1. The van der Waals surface area contributed by atoms with Gasteiger partial charge in [0.25, 0.3) is 0 Å². The van der Waals surface area contributed by atoms with Crippen molar-refractivity contribution >= 4 is 11.6 Å². The highest BCUT2D eigenvalue weighted by atomic mass is 16.6. The average molecular weight is 244 g/mol. The van der Waals surface area contributed by atoms with Gasteiger partial charge < -0.3 is 4.74 Å². The number of ether oxygens (including phenoxy) is 1. The number of ketones is 2. The second-order valence-electron chi connectivity index (χ2n) is 5.21. The first-order valence-corrected chi connectivity index (χ1v) is 5.73. The van der Waals surface area contributed by atoms with Gasteiger partial charge in [0.05, 0.1) is 23.5 Å². The molecule has 0 aromatic rings. The Kier molecular flexibility index (Phi) is 1.87. The minimum atomic E-state index is -1.45. The molecule has 0 amide bonds. The second-order valence-corrected chi connectivity index (χ2v) is 5.21. The first-order chi connectivity index (χ1) is 8.36. The summed E-state index contributed by atoms with van der Waals surface area (Å²) >= 11 is 0. The SMILES string of the molecule is CC1=C(C#N)[C@]2(N)O[C@@]1(C)[C@H]1C(=O)C=CC(=O)[C@H]12. The van der Waals surface area contributed by atoms with E-state index in [0.717, 1.165) is 0 Å². The molecule has 2 heterocycles. The van der Waals surface area contributed by atoms with E-state index in [1.54, 1.807) is 13.8 Å². The number of hydrogen-bond acceptors (Lipinski definition) is 5. The minimum Gasteiger partial charge on any atom is -0.344 e. The summed E-state index contributed by atoms with van der Waals surface area (Å²) < 4.78 is 5.75. The number of nitriles is 1. The van der Waals surface area contributed by atoms with Crippen molar-refractivity contribution in [2.45, 2.75) is 25.2 Å². The zero-order valence-corrected chi connectivity index (χ0v) is 10.1. The molecule has 92 valence electrons. The molecule has 5 nitrogen and oxygen atoms in total. The van der Waals surface area contributed by atoms with E-state index in [-0.39, 0.29) is 17.1 Å². The van der Waals surface area contributed by atoms with Gasteiger partial charge in [-0.3, -0.25) is 15.3 Å². The van der Waals surface area contributed by atoms with Crippen LogP contribution in [0.5, 0.6) is 0 Å². The fourth-order valence-electron chi connectivity index (χ4n) is 3.46. The Morgan fingerprint density at radius 3 is 2.44 bits per heavy atom. The van der Waals surface area contributed by atoms with Crippen LogP contribution in [0.4, 0.5) is 0 Å². The third kappa shape index (κ3) is 0.949. The Morgan fingerprint density at radius 2 is 1.89 bits per heavy atom. The molecule has 4 atom stereocenters. The molecule has 0 saturated carbocycles. The summed E-state index contributed by atoms with van der Waals surface area (Å²) in [6, 6.07) is 2.02. The molecule has 1 saturated heterocycles. The lowest BCUT2D eigenvalue weighted by atomic mass is 9.63. The molecule has 5 heteroatoms. The topological polar surface area (TPSA) is 93.2 Å². The van der Waals surface area contributed by atoms with Crippen molar-refractivity contribution in [3.8, 4) is 6.07 Å². The van der Waals surface area contributed by atoms with E-state index >= 15 is 0 Å². The summed E-state index contributed by atoms with van der Waals surface area (Å²) in [6.45, 7) is 3.46. The van der Waals surface area contributed by atoms with Gasteiger partial charge in [-0.1, -0.05) is 0 Å². The smallest absolute Gasteiger partial charge is 0.164 e. The molecule has 0 unspecified atom stereocenters. The van der Waals surface area contributed by atoms with Crippen molar-refractivity contribution in [3.63, 3.8) is 0 Å². The van der Waals surface area contributed by atoms with Crippen molar-refractivity contribution in [1.82, 2.24) is 0 Å². The van der Waals surface area contributed by atoms with Gasteiger partial charge in [0.15, 0.2) is 17.3 Å². The Labute approximate surface area is 104 Å². The minimum absolute atomic E-state index is 0.161. The molecule has 0 radical (unpaired) electrons. The Hall–Kier alpha value is -1.77. The molecule has 1 aliphatic carbocycles. The van der Waals surface area contributed by atoms with Gasteiger partial charge in [0, 0.05) is 0 Å². The first-order valence-electron chi connectivity index (χ1n) is 5.73. The zero-order valence-electron chi connectivity index (χ0n) is 10.1. The fourth-order valence-corrected chi connectivity index (χ4v) is 3.46. The maximum Gasteiger partial charge on any atom is 0.164 e. The zero-order chi connectivity index (χ0) is 13.3. The van der Waals surface area contributed by atoms with Crippen LogP contribution in [0, 0.1) is 23.2 Å². The maximum absolute atomic E-state index is 12.0. The van der Waals surface area contributed by atoms with Crippen LogP contribution in [0.15, 0.2) is 23.3 Å². The second kappa shape index (κ2) is 2.97. The van der Waals surface area contributed by atoms with E-state index in [4.69, 9.17) is 10.5 Å². The van der Waals surface area contributed by atoms with E-state index in [0.29, 0.717) is 5.57 Å². The molecule has 2 bridgehead atoms. The summed E-state index contributed by atoms with van der Waals surface area (Å²) in [5, 5.41) is 9.20. The quantitative estimate of drug-likeness (QED) is 0.658. The van der Waals surface area contributed by atoms with Crippen LogP contribution < -0.4 is 5.73 Å². The summed E-state index contributed by atoms with van der Waals surface area (Å²) in [6.07, 6.45) is 2.51. The molecular weight excluding hydrogens is 232 g/mol. The molecule has 3 aliphatic rings. The monoisotopic (exact) mass is 244 g/mol. The lowest BCUT2D eigenvalue weighted by Crippen LogP contribution is -2.54. The highest BCUT2D eigenvalue weighted by Crippen LogP contribution is 2.59. The molecule has 0 aromatic heterocycles. The van der Waals surface area contributed by atoms with Crippen LogP contribution in [0.3, 0.4) is 0 Å². The summed E-state index contributed by atoms with van der Waals surface area (Å²) in [4.78, 5) is 24.0. The van der Waals surface area contributed by atoms with Crippen LogP contribution in [-0.2, 0) is 14.3 Å². The molecule has 2 N–H and O–H groups in total.